The SMILES string of the molecule is NC(=O)c1cc(C(=O)NCCC2CCCNC2)nn1-c1ccccc1. The third-order valence-corrected chi connectivity index (χ3v) is 4.43. The van der Waals surface area contributed by atoms with Crippen molar-refractivity contribution in [3.63, 3.8) is 0 Å². The number of nitrogens with two attached hydrogens (primary N) is 1. The number of hydrogen-bond donors (Lipinski definition) is 3. The van der Waals surface area contributed by atoms with Gasteiger partial charge < -0.3 is 16.4 Å². The van der Waals surface area contributed by atoms with Crippen molar-refractivity contribution in [2.24, 2.45) is 11.7 Å². The summed E-state index contributed by atoms with van der Waals surface area (Å²) in [6.07, 6.45) is 3.31. The number of aromatic nitrogens is 2. The first-order chi connectivity index (χ1) is 12.1. The van der Waals surface area contributed by atoms with Crippen LogP contribution in [0, 0.1) is 5.92 Å². The maximum absolute atomic E-state index is 12.4. The van der Waals surface area contributed by atoms with E-state index in [0.29, 0.717) is 18.2 Å². The molecule has 1 atom stereocenters. The highest BCUT2D eigenvalue weighted by Gasteiger charge is 2.19. The normalized spacial score (nSPS) is 17.2. The van der Waals surface area contributed by atoms with Gasteiger partial charge >= 0.3 is 0 Å². The molecule has 1 unspecified atom stereocenters. The molecule has 0 aliphatic carbocycles. The van der Waals surface area contributed by atoms with Crippen molar-refractivity contribution < 1.29 is 9.59 Å². The van der Waals surface area contributed by atoms with Gasteiger partial charge in [0.05, 0.1) is 5.69 Å². The van der Waals surface area contributed by atoms with Crippen molar-refractivity contribution in [2.75, 3.05) is 19.6 Å². The van der Waals surface area contributed by atoms with Crippen LogP contribution in [0.25, 0.3) is 5.69 Å². The van der Waals surface area contributed by atoms with Gasteiger partial charge in [0.1, 0.15) is 5.69 Å². The highest BCUT2D eigenvalue weighted by atomic mass is 16.2. The molecule has 2 aromatic rings. The quantitative estimate of drug-likeness (QED) is 0.732. The smallest absolute Gasteiger partial charge is 0.271 e. The second-order valence-electron chi connectivity index (χ2n) is 6.28. The van der Waals surface area contributed by atoms with Crippen LogP contribution in [-0.4, -0.2) is 41.2 Å². The molecule has 132 valence electrons. The van der Waals surface area contributed by atoms with Crippen LogP contribution in [0.15, 0.2) is 36.4 Å². The zero-order chi connectivity index (χ0) is 17.6. The minimum absolute atomic E-state index is 0.188. The van der Waals surface area contributed by atoms with E-state index < -0.39 is 5.91 Å². The van der Waals surface area contributed by atoms with Crippen LogP contribution >= 0.6 is 0 Å². The van der Waals surface area contributed by atoms with Crippen LogP contribution < -0.4 is 16.4 Å². The van der Waals surface area contributed by atoms with Crippen molar-refractivity contribution >= 4 is 11.8 Å². The van der Waals surface area contributed by atoms with E-state index in [-0.39, 0.29) is 17.3 Å². The van der Waals surface area contributed by atoms with E-state index in [2.05, 4.69) is 15.7 Å². The molecule has 7 heteroatoms. The highest BCUT2D eigenvalue weighted by molar-refractivity contribution is 5.97. The number of primary amides is 1. The number of carbonyl (C=O) groups is 2. The Hall–Kier alpha value is -2.67. The molecule has 4 N–H and O–H groups in total. The van der Waals surface area contributed by atoms with Crippen LogP contribution in [0.3, 0.4) is 0 Å². The van der Waals surface area contributed by atoms with Crippen LogP contribution in [0.2, 0.25) is 0 Å². The molecular formula is C18H23N5O2. The van der Waals surface area contributed by atoms with E-state index in [9.17, 15) is 9.59 Å². The fourth-order valence-corrected chi connectivity index (χ4v) is 3.08. The maximum atomic E-state index is 12.4. The van der Waals surface area contributed by atoms with Crippen LogP contribution in [0.5, 0.6) is 0 Å². The summed E-state index contributed by atoms with van der Waals surface area (Å²) in [6.45, 7) is 2.68. The lowest BCUT2D eigenvalue weighted by atomic mass is 9.96. The molecule has 7 nitrogen and oxygen atoms in total. The topological polar surface area (TPSA) is 102 Å². The molecule has 1 saturated heterocycles. The Morgan fingerprint density at radius 2 is 2.12 bits per heavy atom. The number of para-hydroxylation sites is 1. The molecule has 1 aromatic carbocycles. The Morgan fingerprint density at radius 1 is 1.32 bits per heavy atom. The van der Waals surface area contributed by atoms with Gasteiger partial charge in [0, 0.05) is 12.6 Å². The van der Waals surface area contributed by atoms with E-state index >= 15 is 0 Å². The summed E-state index contributed by atoms with van der Waals surface area (Å²) >= 11 is 0. The first-order valence-electron chi connectivity index (χ1n) is 8.59. The molecule has 25 heavy (non-hydrogen) atoms. The predicted octanol–water partition coefficient (Wildman–Crippen LogP) is 1.09. The predicted molar refractivity (Wildman–Crippen MR) is 94.6 cm³/mol. The molecule has 0 spiro atoms. The lowest BCUT2D eigenvalue weighted by Crippen LogP contribution is -2.33. The summed E-state index contributed by atoms with van der Waals surface area (Å²) in [5.41, 5.74) is 6.49. The molecule has 1 aromatic heterocycles. The van der Waals surface area contributed by atoms with Crippen molar-refractivity contribution in [2.45, 2.75) is 19.3 Å². The van der Waals surface area contributed by atoms with E-state index in [4.69, 9.17) is 5.73 Å². The Morgan fingerprint density at radius 3 is 2.80 bits per heavy atom. The molecule has 0 bridgehead atoms. The summed E-state index contributed by atoms with van der Waals surface area (Å²) < 4.78 is 1.41. The third-order valence-electron chi connectivity index (χ3n) is 4.43. The third kappa shape index (κ3) is 4.24. The number of nitrogens with one attached hydrogen (secondary N) is 2. The van der Waals surface area contributed by atoms with Crippen LogP contribution in [0.4, 0.5) is 0 Å². The Bertz CT molecular complexity index is 735. The van der Waals surface area contributed by atoms with Gasteiger partial charge in [-0.05, 0) is 50.4 Å². The Balaban J connectivity index is 1.67. The van der Waals surface area contributed by atoms with Crippen molar-refractivity contribution in [1.29, 1.82) is 0 Å². The molecule has 1 aliphatic heterocycles. The van der Waals surface area contributed by atoms with E-state index in [0.717, 1.165) is 19.5 Å². The zero-order valence-corrected chi connectivity index (χ0v) is 14.1. The molecule has 2 heterocycles. The lowest BCUT2D eigenvalue weighted by molar-refractivity contribution is 0.0944. The largest absolute Gasteiger partial charge is 0.364 e. The van der Waals surface area contributed by atoms with Gasteiger partial charge in [-0.2, -0.15) is 5.10 Å². The summed E-state index contributed by atoms with van der Waals surface area (Å²) in [5.74, 6) is -0.318. The molecule has 0 radical (unpaired) electrons. The number of nitrogens with zero attached hydrogens (tertiary/aromatic N) is 2. The first-order valence-corrected chi connectivity index (χ1v) is 8.59. The average Bonchev–Trinajstić information content (AvgIpc) is 3.09. The molecule has 1 fully saturated rings. The molecule has 0 saturated carbocycles. The molecule has 2 amide bonds. The summed E-state index contributed by atoms with van der Waals surface area (Å²) in [5, 5.41) is 10.5. The van der Waals surface area contributed by atoms with E-state index in [1.165, 1.54) is 23.6 Å². The number of piperidine rings is 1. The Labute approximate surface area is 146 Å². The summed E-state index contributed by atoms with van der Waals surface area (Å²) in [4.78, 5) is 24.0. The lowest BCUT2D eigenvalue weighted by Gasteiger charge is -2.22. The van der Waals surface area contributed by atoms with E-state index in [1.54, 1.807) is 12.1 Å². The number of hydrogen-bond acceptors (Lipinski definition) is 4. The number of carbonyl (C=O) groups excluding carboxylic acids is 2. The molecule has 3 rings (SSSR count). The number of amides is 2. The van der Waals surface area contributed by atoms with Gasteiger partial charge in [-0.1, -0.05) is 18.2 Å². The van der Waals surface area contributed by atoms with Crippen LogP contribution in [0.1, 0.15) is 40.2 Å². The monoisotopic (exact) mass is 341 g/mol. The minimum atomic E-state index is -0.622. The number of rotatable bonds is 6. The zero-order valence-electron chi connectivity index (χ0n) is 14.1. The summed E-state index contributed by atoms with van der Waals surface area (Å²) in [7, 11) is 0. The fourth-order valence-electron chi connectivity index (χ4n) is 3.08. The fraction of sp³-hybridized carbons (Fsp3) is 0.389. The highest BCUT2D eigenvalue weighted by Crippen LogP contribution is 2.14. The van der Waals surface area contributed by atoms with Gasteiger partial charge in [-0.3, -0.25) is 9.59 Å². The van der Waals surface area contributed by atoms with Crippen molar-refractivity contribution in [1.82, 2.24) is 20.4 Å². The number of benzene rings is 1. The Kier molecular flexibility index (Phi) is 5.45. The average molecular weight is 341 g/mol. The van der Waals surface area contributed by atoms with Gasteiger partial charge in [0.25, 0.3) is 11.8 Å². The van der Waals surface area contributed by atoms with Crippen molar-refractivity contribution in [3.8, 4) is 5.69 Å². The first kappa shape index (κ1) is 17.2. The minimum Gasteiger partial charge on any atom is -0.364 e. The maximum Gasteiger partial charge on any atom is 0.271 e. The standard InChI is InChI=1S/C18H23N5O2/c19-17(24)16-11-15(22-23(16)14-6-2-1-3-7-14)18(25)21-10-8-13-5-4-9-20-12-13/h1-3,6-7,11,13,20H,4-5,8-10,12H2,(H2,19,24)(H,21,25). The van der Waals surface area contributed by atoms with Gasteiger partial charge in [-0.15, -0.1) is 0 Å². The van der Waals surface area contributed by atoms with Gasteiger partial charge in [-0.25, -0.2) is 4.68 Å². The molecule has 1 aliphatic rings. The van der Waals surface area contributed by atoms with Crippen LogP contribution in [-0.2, 0) is 0 Å². The van der Waals surface area contributed by atoms with E-state index in [1.807, 2.05) is 18.2 Å². The van der Waals surface area contributed by atoms with Crippen molar-refractivity contribution in [3.05, 3.63) is 47.8 Å². The van der Waals surface area contributed by atoms with Gasteiger partial charge in [0.2, 0.25) is 0 Å². The second kappa shape index (κ2) is 7.94. The second-order valence-corrected chi connectivity index (χ2v) is 6.28. The summed E-state index contributed by atoms with van der Waals surface area (Å²) in [6, 6.07) is 10.6. The van der Waals surface area contributed by atoms with Gasteiger partial charge in [0.15, 0.2) is 5.69 Å². The molecular weight excluding hydrogens is 318 g/mol.